The molecular weight excluding hydrogens is 335 g/mol. The van der Waals surface area contributed by atoms with Crippen LogP contribution in [-0.4, -0.2) is 37.7 Å². The van der Waals surface area contributed by atoms with Gasteiger partial charge in [-0.15, -0.1) is 11.3 Å². The Kier molecular flexibility index (Phi) is 5.54. The van der Waals surface area contributed by atoms with Gasteiger partial charge in [-0.25, -0.2) is 4.39 Å². The van der Waals surface area contributed by atoms with Crippen molar-refractivity contribution < 1.29 is 9.13 Å². The summed E-state index contributed by atoms with van der Waals surface area (Å²) in [6.45, 7) is 5.94. The molecule has 1 atom stereocenters. The summed E-state index contributed by atoms with van der Waals surface area (Å²) in [6, 6.07) is 7.55. The molecule has 3 nitrogen and oxygen atoms in total. The number of thiophene rings is 1. The maximum absolute atomic E-state index is 14.4. The molecule has 2 aromatic rings. The van der Waals surface area contributed by atoms with Crippen LogP contribution in [0.25, 0.3) is 0 Å². The van der Waals surface area contributed by atoms with Gasteiger partial charge in [-0.3, -0.25) is 4.90 Å². The van der Waals surface area contributed by atoms with Crippen LogP contribution in [0.3, 0.4) is 0 Å². The molecule has 0 radical (unpaired) electrons. The van der Waals surface area contributed by atoms with Gasteiger partial charge in [0, 0.05) is 31.1 Å². The highest BCUT2D eigenvalue weighted by atomic mass is 35.5. The summed E-state index contributed by atoms with van der Waals surface area (Å²) in [4.78, 5) is 3.57. The lowest BCUT2D eigenvalue weighted by molar-refractivity contribution is 0.200. The topological polar surface area (TPSA) is 24.5 Å². The number of benzene rings is 1. The zero-order valence-corrected chi connectivity index (χ0v) is 14.6. The van der Waals surface area contributed by atoms with E-state index in [1.54, 1.807) is 17.4 Å². The average molecular weight is 355 g/mol. The molecule has 1 N–H and O–H groups in total. The molecule has 1 saturated heterocycles. The molecule has 1 aromatic carbocycles. The van der Waals surface area contributed by atoms with Crippen LogP contribution in [0.5, 0.6) is 5.75 Å². The maximum atomic E-state index is 14.4. The summed E-state index contributed by atoms with van der Waals surface area (Å²) in [7, 11) is 0. The lowest BCUT2D eigenvalue weighted by Gasteiger charge is -2.35. The first-order valence-corrected chi connectivity index (χ1v) is 9.06. The monoisotopic (exact) mass is 354 g/mol. The van der Waals surface area contributed by atoms with Crippen molar-refractivity contribution in [3.63, 3.8) is 0 Å². The fourth-order valence-corrected chi connectivity index (χ4v) is 4.12. The lowest BCUT2D eigenvalue weighted by atomic mass is 10.0. The molecular formula is C17H20ClFN2OS. The predicted octanol–water partition coefficient (Wildman–Crippen LogP) is 3.93. The zero-order valence-electron chi connectivity index (χ0n) is 13.0. The summed E-state index contributed by atoms with van der Waals surface area (Å²) >= 11 is 7.95. The Morgan fingerprint density at radius 1 is 1.39 bits per heavy atom. The highest BCUT2D eigenvalue weighted by Crippen LogP contribution is 2.37. The molecule has 3 rings (SSSR count). The fraction of sp³-hybridized carbons (Fsp3) is 0.412. The first-order valence-electron chi connectivity index (χ1n) is 7.80. The standard InChI is InChI=1S/C17H20ClFN2OS/c1-2-22-17-13(18)10-12(11-14(17)19)16(15-4-3-9-23-15)21-7-5-20-6-8-21/h3-4,9-11,16,20H,2,5-8H2,1H3/t16-/m1/s1. The smallest absolute Gasteiger partial charge is 0.173 e. The van der Waals surface area contributed by atoms with Gasteiger partial charge in [0.25, 0.3) is 0 Å². The molecule has 1 aromatic heterocycles. The molecule has 0 aliphatic carbocycles. The fourth-order valence-electron chi connectivity index (χ4n) is 2.96. The van der Waals surface area contributed by atoms with Crippen LogP contribution >= 0.6 is 22.9 Å². The summed E-state index contributed by atoms with van der Waals surface area (Å²) in [5.41, 5.74) is 0.875. The maximum Gasteiger partial charge on any atom is 0.173 e. The number of hydrogen-bond acceptors (Lipinski definition) is 4. The summed E-state index contributed by atoms with van der Waals surface area (Å²) < 4.78 is 19.7. The number of rotatable bonds is 5. The SMILES string of the molecule is CCOc1c(F)cc([C@H](c2cccs2)N2CCNCC2)cc1Cl. The third-order valence-corrected chi connectivity index (χ3v) is 5.16. The molecule has 0 unspecified atom stereocenters. The Hall–Kier alpha value is -1.14. The van der Waals surface area contributed by atoms with Crippen LogP contribution in [0, 0.1) is 5.82 Å². The highest BCUT2D eigenvalue weighted by molar-refractivity contribution is 7.10. The van der Waals surface area contributed by atoms with Crippen LogP contribution in [0.15, 0.2) is 29.6 Å². The second kappa shape index (κ2) is 7.62. The molecule has 0 saturated carbocycles. The molecule has 0 bridgehead atoms. The van der Waals surface area contributed by atoms with Gasteiger partial charge >= 0.3 is 0 Å². The Morgan fingerprint density at radius 2 is 2.17 bits per heavy atom. The van der Waals surface area contributed by atoms with E-state index < -0.39 is 5.82 Å². The molecule has 124 valence electrons. The van der Waals surface area contributed by atoms with Crippen LogP contribution < -0.4 is 10.1 Å². The zero-order chi connectivity index (χ0) is 16.2. The number of piperazine rings is 1. The van der Waals surface area contributed by atoms with Gasteiger partial charge in [-0.05, 0) is 36.1 Å². The number of hydrogen-bond donors (Lipinski definition) is 1. The third kappa shape index (κ3) is 3.69. The Balaban J connectivity index is 1.99. The van der Waals surface area contributed by atoms with Crippen LogP contribution in [-0.2, 0) is 0 Å². The minimum atomic E-state index is -0.397. The molecule has 23 heavy (non-hydrogen) atoms. The minimum Gasteiger partial charge on any atom is -0.489 e. The minimum absolute atomic E-state index is 0.0276. The van der Waals surface area contributed by atoms with Crippen molar-refractivity contribution in [3.8, 4) is 5.75 Å². The predicted molar refractivity (Wildman–Crippen MR) is 93.2 cm³/mol. The van der Waals surface area contributed by atoms with E-state index in [0.29, 0.717) is 11.6 Å². The summed E-state index contributed by atoms with van der Waals surface area (Å²) in [6.07, 6.45) is 0. The van der Waals surface area contributed by atoms with Crippen molar-refractivity contribution in [2.45, 2.75) is 13.0 Å². The van der Waals surface area contributed by atoms with E-state index in [-0.39, 0.29) is 11.8 Å². The lowest BCUT2D eigenvalue weighted by Crippen LogP contribution is -2.45. The van der Waals surface area contributed by atoms with Crippen molar-refractivity contribution in [1.29, 1.82) is 0 Å². The normalized spacial score (nSPS) is 17.2. The van der Waals surface area contributed by atoms with E-state index >= 15 is 0 Å². The van der Waals surface area contributed by atoms with Crippen molar-refractivity contribution in [2.75, 3.05) is 32.8 Å². The van der Waals surface area contributed by atoms with Crippen LogP contribution in [0.1, 0.15) is 23.4 Å². The van der Waals surface area contributed by atoms with Gasteiger partial charge in [-0.2, -0.15) is 0 Å². The molecule has 0 amide bonds. The Labute approximate surface area is 145 Å². The molecule has 1 fully saturated rings. The summed E-state index contributed by atoms with van der Waals surface area (Å²) in [5, 5.41) is 5.74. The van der Waals surface area contributed by atoms with Gasteiger partial charge < -0.3 is 10.1 Å². The van der Waals surface area contributed by atoms with Gasteiger partial charge in [0.1, 0.15) is 0 Å². The van der Waals surface area contributed by atoms with Crippen molar-refractivity contribution in [3.05, 3.63) is 50.9 Å². The number of nitrogens with zero attached hydrogens (tertiary/aromatic N) is 1. The second-order valence-electron chi connectivity index (χ2n) is 5.45. The third-order valence-electron chi connectivity index (χ3n) is 3.95. The van der Waals surface area contributed by atoms with Gasteiger partial charge in [0.05, 0.1) is 17.7 Å². The quantitative estimate of drug-likeness (QED) is 0.880. The van der Waals surface area contributed by atoms with Gasteiger partial charge in [0.2, 0.25) is 0 Å². The second-order valence-corrected chi connectivity index (χ2v) is 6.84. The number of ether oxygens (including phenoxy) is 1. The van der Waals surface area contributed by atoms with E-state index in [1.165, 1.54) is 4.88 Å². The Morgan fingerprint density at radius 3 is 2.78 bits per heavy atom. The Bertz CT molecular complexity index is 621. The van der Waals surface area contributed by atoms with Crippen molar-refractivity contribution in [1.82, 2.24) is 10.2 Å². The molecule has 2 heterocycles. The van der Waals surface area contributed by atoms with Gasteiger partial charge in [-0.1, -0.05) is 17.7 Å². The van der Waals surface area contributed by atoms with E-state index in [4.69, 9.17) is 16.3 Å². The summed E-state index contributed by atoms with van der Waals surface area (Å²) in [5.74, 6) is -0.255. The van der Waals surface area contributed by atoms with Gasteiger partial charge in [0.15, 0.2) is 11.6 Å². The first kappa shape index (κ1) is 16.7. The number of halogens is 2. The van der Waals surface area contributed by atoms with E-state index in [2.05, 4.69) is 21.7 Å². The number of nitrogens with one attached hydrogen (secondary N) is 1. The molecule has 1 aliphatic rings. The van der Waals surface area contributed by atoms with Crippen molar-refractivity contribution in [2.24, 2.45) is 0 Å². The van der Waals surface area contributed by atoms with Crippen LogP contribution in [0.4, 0.5) is 4.39 Å². The largest absolute Gasteiger partial charge is 0.489 e. The molecule has 0 spiro atoms. The first-order chi connectivity index (χ1) is 11.2. The average Bonchev–Trinajstić information content (AvgIpc) is 3.06. The highest BCUT2D eigenvalue weighted by Gasteiger charge is 2.26. The molecule has 6 heteroatoms. The molecule has 1 aliphatic heterocycles. The van der Waals surface area contributed by atoms with E-state index in [0.717, 1.165) is 31.7 Å². The van der Waals surface area contributed by atoms with E-state index in [1.807, 2.05) is 19.1 Å². The van der Waals surface area contributed by atoms with E-state index in [9.17, 15) is 4.39 Å². The van der Waals surface area contributed by atoms with Crippen LogP contribution in [0.2, 0.25) is 5.02 Å². The van der Waals surface area contributed by atoms with Crippen molar-refractivity contribution >= 4 is 22.9 Å².